The van der Waals surface area contributed by atoms with Crippen LogP contribution in [0, 0.1) is 5.92 Å². The van der Waals surface area contributed by atoms with E-state index in [1.165, 1.54) is 30.6 Å². The van der Waals surface area contributed by atoms with E-state index < -0.39 is 0 Å². The summed E-state index contributed by atoms with van der Waals surface area (Å²) in [6.45, 7) is 8.41. The number of hydrogen-bond acceptors (Lipinski definition) is 3. The lowest BCUT2D eigenvalue weighted by Gasteiger charge is -2.17. The molecule has 0 saturated carbocycles. The summed E-state index contributed by atoms with van der Waals surface area (Å²) < 4.78 is 0. The average Bonchev–Trinajstić information content (AvgIpc) is 2.98. The summed E-state index contributed by atoms with van der Waals surface area (Å²) in [7, 11) is 1.82. The van der Waals surface area contributed by atoms with Gasteiger partial charge in [0.15, 0.2) is 5.96 Å². The van der Waals surface area contributed by atoms with Gasteiger partial charge in [-0.05, 0) is 18.8 Å². The van der Waals surface area contributed by atoms with Crippen LogP contribution in [-0.4, -0.2) is 24.5 Å². The van der Waals surface area contributed by atoms with E-state index in [1.54, 1.807) is 11.3 Å². The van der Waals surface area contributed by atoms with Crippen molar-refractivity contribution in [1.29, 1.82) is 0 Å². The topological polar surface area (TPSA) is 49.3 Å². The number of aryl methyl sites for hydroxylation is 1. The van der Waals surface area contributed by atoms with Crippen molar-refractivity contribution in [3.05, 3.63) is 16.1 Å². The van der Waals surface area contributed by atoms with Gasteiger partial charge in [-0.2, -0.15) is 0 Å². The van der Waals surface area contributed by atoms with E-state index in [0.29, 0.717) is 0 Å². The Kier molecular flexibility index (Phi) is 9.06. The van der Waals surface area contributed by atoms with Crippen LogP contribution in [0.2, 0.25) is 0 Å². The first-order valence-electron chi connectivity index (χ1n) is 8.11. The smallest absolute Gasteiger partial charge is 0.191 e. The Labute approximate surface area is 133 Å². The molecule has 1 rings (SSSR count). The van der Waals surface area contributed by atoms with E-state index in [4.69, 9.17) is 0 Å². The van der Waals surface area contributed by atoms with Crippen molar-refractivity contribution < 1.29 is 0 Å². The molecule has 2 N–H and O–H groups in total. The molecule has 4 nitrogen and oxygen atoms in total. The maximum atomic E-state index is 4.42. The molecule has 0 aliphatic rings. The minimum atomic E-state index is 0.732. The van der Waals surface area contributed by atoms with Crippen LogP contribution in [0.3, 0.4) is 0 Å². The van der Waals surface area contributed by atoms with Crippen molar-refractivity contribution in [3.63, 3.8) is 0 Å². The molecule has 1 atom stereocenters. The third-order valence-electron chi connectivity index (χ3n) is 3.68. The molecule has 0 bridgehead atoms. The van der Waals surface area contributed by atoms with Crippen LogP contribution in [0.1, 0.15) is 56.3 Å². The molecule has 120 valence electrons. The molecule has 0 aromatic carbocycles. The molecule has 0 amide bonds. The molecular formula is C16H30N4S. The van der Waals surface area contributed by atoms with Gasteiger partial charge in [0.05, 0.1) is 6.54 Å². The van der Waals surface area contributed by atoms with Gasteiger partial charge >= 0.3 is 0 Å². The highest BCUT2D eigenvalue weighted by molar-refractivity contribution is 7.11. The van der Waals surface area contributed by atoms with Gasteiger partial charge in [0.1, 0.15) is 5.01 Å². The first kappa shape index (κ1) is 18.0. The monoisotopic (exact) mass is 310 g/mol. The Hall–Kier alpha value is -1.10. The van der Waals surface area contributed by atoms with Gasteiger partial charge in [0, 0.05) is 24.7 Å². The fraction of sp³-hybridized carbons (Fsp3) is 0.750. The predicted molar refractivity (Wildman–Crippen MR) is 93.0 cm³/mol. The van der Waals surface area contributed by atoms with E-state index in [-0.39, 0.29) is 0 Å². The lowest BCUT2D eigenvalue weighted by Crippen LogP contribution is -2.39. The molecule has 1 aromatic heterocycles. The molecular weight excluding hydrogens is 280 g/mol. The Balaban J connectivity index is 2.34. The first-order valence-corrected chi connectivity index (χ1v) is 8.93. The quantitative estimate of drug-likeness (QED) is 0.541. The minimum absolute atomic E-state index is 0.732. The predicted octanol–water partition coefficient (Wildman–Crippen LogP) is 3.59. The van der Waals surface area contributed by atoms with E-state index in [0.717, 1.165) is 36.4 Å². The van der Waals surface area contributed by atoms with Crippen LogP contribution >= 0.6 is 11.3 Å². The molecule has 21 heavy (non-hydrogen) atoms. The highest BCUT2D eigenvalue weighted by Crippen LogP contribution is 2.13. The zero-order chi connectivity index (χ0) is 15.5. The van der Waals surface area contributed by atoms with Crippen molar-refractivity contribution in [3.8, 4) is 0 Å². The average molecular weight is 311 g/mol. The summed E-state index contributed by atoms with van der Waals surface area (Å²) in [6.07, 6.45) is 8.12. The molecule has 0 radical (unpaired) electrons. The van der Waals surface area contributed by atoms with E-state index >= 15 is 0 Å². The Morgan fingerprint density at radius 2 is 2.14 bits per heavy atom. The van der Waals surface area contributed by atoms with Crippen LogP contribution in [0.25, 0.3) is 0 Å². The fourth-order valence-electron chi connectivity index (χ4n) is 2.16. The minimum Gasteiger partial charge on any atom is -0.356 e. The zero-order valence-corrected chi connectivity index (χ0v) is 14.7. The molecule has 0 fully saturated rings. The number of nitrogens with one attached hydrogen (secondary N) is 2. The molecule has 0 aliphatic carbocycles. The Morgan fingerprint density at radius 3 is 2.71 bits per heavy atom. The van der Waals surface area contributed by atoms with Gasteiger partial charge in [-0.3, -0.25) is 4.99 Å². The summed E-state index contributed by atoms with van der Waals surface area (Å²) in [5.41, 5.74) is 0. The second-order valence-corrected chi connectivity index (χ2v) is 6.50. The lowest BCUT2D eigenvalue weighted by atomic mass is 9.99. The summed E-state index contributed by atoms with van der Waals surface area (Å²) in [5.74, 6) is 1.60. The van der Waals surface area contributed by atoms with Crippen molar-refractivity contribution in [2.45, 2.75) is 59.4 Å². The number of aromatic nitrogens is 1. The second kappa shape index (κ2) is 10.6. The molecule has 0 spiro atoms. The van der Waals surface area contributed by atoms with Crippen LogP contribution < -0.4 is 10.6 Å². The van der Waals surface area contributed by atoms with E-state index in [9.17, 15) is 0 Å². The van der Waals surface area contributed by atoms with Crippen LogP contribution in [0.5, 0.6) is 0 Å². The van der Waals surface area contributed by atoms with Gasteiger partial charge in [0.25, 0.3) is 0 Å². The van der Waals surface area contributed by atoms with Gasteiger partial charge in [0.2, 0.25) is 0 Å². The van der Waals surface area contributed by atoms with Gasteiger partial charge in [-0.1, -0.05) is 40.0 Å². The molecule has 1 heterocycles. The Bertz CT molecular complexity index is 414. The van der Waals surface area contributed by atoms with Gasteiger partial charge in [-0.25, -0.2) is 4.98 Å². The highest BCUT2D eigenvalue weighted by atomic mass is 32.1. The van der Waals surface area contributed by atoms with Crippen molar-refractivity contribution >= 4 is 17.3 Å². The largest absolute Gasteiger partial charge is 0.356 e. The zero-order valence-electron chi connectivity index (χ0n) is 13.9. The molecule has 1 unspecified atom stereocenters. The van der Waals surface area contributed by atoms with Gasteiger partial charge in [-0.15, -0.1) is 11.3 Å². The normalized spacial score (nSPS) is 13.2. The number of unbranched alkanes of at least 4 members (excludes halogenated alkanes) is 1. The van der Waals surface area contributed by atoms with Crippen LogP contribution in [0.4, 0.5) is 0 Å². The van der Waals surface area contributed by atoms with Crippen molar-refractivity contribution in [2.24, 2.45) is 10.9 Å². The standard InChI is InChI=1S/C16H30N4S/c1-5-8-9-13(6-2)10-19-16(17-4)20-12-15-18-11-14(7-3)21-15/h11,13H,5-10,12H2,1-4H3,(H2,17,19,20). The van der Waals surface area contributed by atoms with E-state index in [1.807, 2.05) is 13.2 Å². The number of guanidine groups is 1. The number of nitrogens with zero attached hydrogens (tertiary/aromatic N) is 2. The molecule has 0 aliphatic heterocycles. The van der Waals surface area contributed by atoms with Crippen LogP contribution in [-0.2, 0) is 13.0 Å². The molecule has 0 saturated heterocycles. The maximum absolute atomic E-state index is 4.42. The number of aliphatic imine (C=N–C) groups is 1. The maximum Gasteiger partial charge on any atom is 0.191 e. The molecule has 5 heteroatoms. The first-order chi connectivity index (χ1) is 10.2. The third-order valence-corrected chi connectivity index (χ3v) is 4.82. The SMILES string of the molecule is CCCCC(CC)CNC(=NC)NCc1ncc(CC)s1. The summed E-state index contributed by atoms with van der Waals surface area (Å²) in [6, 6.07) is 0. The van der Waals surface area contributed by atoms with Crippen molar-refractivity contribution in [2.75, 3.05) is 13.6 Å². The summed E-state index contributed by atoms with van der Waals surface area (Å²) in [5, 5.41) is 7.90. The number of thiazole rings is 1. The van der Waals surface area contributed by atoms with E-state index in [2.05, 4.69) is 41.4 Å². The Morgan fingerprint density at radius 1 is 1.33 bits per heavy atom. The highest BCUT2D eigenvalue weighted by Gasteiger charge is 2.07. The second-order valence-electron chi connectivity index (χ2n) is 5.30. The number of rotatable bonds is 9. The third kappa shape index (κ3) is 6.93. The summed E-state index contributed by atoms with van der Waals surface area (Å²) in [4.78, 5) is 10.0. The molecule has 1 aromatic rings. The number of hydrogen-bond donors (Lipinski definition) is 2. The van der Waals surface area contributed by atoms with Crippen LogP contribution in [0.15, 0.2) is 11.2 Å². The fourth-order valence-corrected chi connectivity index (χ4v) is 2.96. The lowest BCUT2D eigenvalue weighted by molar-refractivity contribution is 0.443. The van der Waals surface area contributed by atoms with Gasteiger partial charge < -0.3 is 10.6 Å². The summed E-state index contributed by atoms with van der Waals surface area (Å²) >= 11 is 1.77. The van der Waals surface area contributed by atoms with Crippen molar-refractivity contribution in [1.82, 2.24) is 15.6 Å².